The van der Waals surface area contributed by atoms with Crippen molar-refractivity contribution < 1.29 is 10.2 Å². The minimum absolute atomic E-state index is 0.179. The average Bonchev–Trinajstić information content (AvgIpc) is 2.77. The van der Waals surface area contributed by atoms with Crippen molar-refractivity contribution in [3.05, 3.63) is 0 Å². The van der Waals surface area contributed by atoms with Gasteiger partial charge in [-0.2, -0.15) is 0 Å². The molecule has 3 heteroatoms. The van der Waals surface area contributed by atoms with Gasteiger partial charge >= 0.3 is 0 Å². The van der Waals surface area contributed by atoms with E-state index in [4.69, 9.17) is 0 Å². The molecule has 1 rings (SSSR count). The lowest BCUT2D eigenvalue weighted by Crippen LogP contribution is -2.32. The second kappa shape index (κ2) is 4.40. The van der Waals surface area contributed by atoms with Gasteiger partial charge in [0.1, 0.15) is 0 Å². The van der Waals surface area contributed by atoms with Crippen molar-refractivity contribution in [1.82, 2.24) is 5.32 Å². The summed E-state index contributed by atoms with van der Waals surface area (Å²) < 4.78 is 0. The van der Waals surface area contributed by atoms with Crippen molar-refractivity contribution in [2.45, 2.75) is 44.8 Å². The summed E-state index contributed by atoms with van der Waals surface area (Å²) in [5, 5.41) is 22.0. The Hall–Kier alpha value is -0.120. The molecule has 0 aromatic heterocycles. The van der Waals surface area contributed by atoms with Gasteiger partial charge in [-0.3, -0.25) is 0 Å². The maximum atomic E-state index is 9.49. The maximum Gasteiger partial charge on any atom is 0.0692 e. The largest absolute Gasteiger partial charge is 0.392 e. The van der Waals surface area contributed by atoms with Crippen LogP contribution in [-0.2, 0) is 0 Å². The molecule has 1 saturated carbocycles. The van der Waals surface area contributed by atoms with E-state index in [2.05, 4.69) is 5.32 Å². The van der Waals surface area contributed by atoms with Crippen LogP contribution in [0.3, 0.4) is 0 Å². The van der Waals surface area contributed by atoms with Gasteiger partial charge in [0.05, 0.1) is 11.7 Å². The van der Waals surface area contributed by atoms with Crippen LogP contribution in [0.4, 0.5) is 0 Å². The van der Waals surface area contributed by atoms with Crippen molar-refractivity contribution in [3.8, 4) is 0 Å². The Morgan fingerprint density at radius 1 is 1.46 bits per heavy atom. The van der Waals surface area contributed by atoms with Gasteiger partial charge in [0.25, 0.3) is 0 Å². The van der Waals surface area contributed by atoms with Crippen LogP contribution in [0.25, 0.3) is 0 Å². The van der Waals surface area contributed by atoms with E-state index >= 15 is 0 Å². The highest BCUT2D eigenvalue weighted by atomic mass is 16.3. The first kappa shape index (κ1) is 11.0. The SMILES string of the molecule is CC(C)(O)CCNCC(O)C1CC1. The summed E-state index contributed by atoms with van der Waals surface area (Å²) in [6, 6.07) is 0. The first-order chi connectivity index (χ1) is 5.99. The van der Waals surface area contributed by atoms with Crippen LogP contribution in [0.1, 0.15) is 33.1 Å². The minimum Gasteiger partial charge on any atom is -0.392 e. The van der Waals surface area contributed by atoms with Gasteiger partial charge in [-0.05, 0) is 45.6 Å². The van der Waals surface area contributed by atoms with Gasteiger partial charge < -0.3 is 15.5 Å². The highest BCUT2D eigenvalue weighted by Crippen LogP contribution is 2.32. The first-order valence-electron chi connectivity index (χ1n) is 5.10. The highest BCUT2D eigenvalue weighted by molar-refractivity contribution is 4.82. The van der Waals surface area contributed by atoms with E-state index < -0.39 is 5.60 Å². The van der Waals surface area contributed by atoms with Gasteiger partial charge in [0.15, 0.2) is 0 Å². The van der Waals surface area contributed by atoms with Crippen molar-refractivity contribution in [2.75, 3.05) is 13.1 Å². The Balaban J connectivity index is 1.94. The molecule has 0 spiro atoms. The molecule has 3 N–H and O–H groups in total. The zero-order valence-electron chi connectivity index (χ0n) is 8.58. The molecule has 0 aromatic rings. The molecule has 0 heterocycles. The molecule has 13 heavy (non-hydrogen) atoms. The van der Waals surface area contributed by atoms with E-state index in [1.807, 2.05) is 0 Å². The van der Waals surface area contributed by atoms with Crippen molar-refractivity contribution in [3.63, 3.8) is 0 Å². The van der Waals surface area contributed by atoms with Gasteiger partial charge in [0, 0.05) is 6.54 Å². The number of nitrogens with one attached hydrogen (secondary N) is 1. The standard InChI is InChI=1S/C10H21NO2/c1-10(2,13)5-6-11-7-9(12)8-3-4-8/h8-9,11-13H,3-7H2,1-2H3. The Bertz CT molecular complexity index is 149. The van der Waals surface area contributed by atoms with Crippen LogP contribution < -0.4 is 5.32 Å². The number of rotatable bonds is 6. The topological polar surface area (TPSA) is 52.5 Å². The molecule has 1 unspecified atom stereocenters. The van der Waals surface area contributed by atoms with E-state index in [-0.39, 0.29) is 6.10 Å². The Labute approximate surface area is 80.2 Å². The quantitative estimate of drug-likeness (QED) is 0.531. The van der Waals surface area contributed by atoms with Gasteiger partial charge in [0.2, 0.25) is 0 Å². The molecule has 1 atom stereocenters. The zero-order valence-corrected chi connectivity index (χ0v) is 8.58. The van der Waals surface area contributed by atoms with Crippen molar-refractivity contribution in [1.29, 1.82) is 0 Å². The third-order valence-corrected chi connectivity index (χ3v) is 2.43. The van der Waals surface area contributed by atoms with Crippen molar-refractivity contribution in [2.24, 2.45) is 5.92 Å². The summed E-state index contributed by atoms with van der Waals surface area (Å²) in [6.45, 7) is 5.03. The van der Waals surface area contributed by atoms with E-state index in [1.165, 1.54) is 12.8 Å². The Morgan fingerprint density at radius 2 is 2.08 bits per heavy atom. The monoisotopic (exact) mass is 187 g/mol. The van der Waals surface area contributed by atoms with Crippen LogP contribution in [0.5, 0.6) is 0 Å². The molecule has 78 valence electrons. The molecular weight excluding hydrogens is 166 g/mol. The Kier molecular flexibility index (Phi) is 3.71. The Morgan fingerprint density at radius 3 is 2.54 bits per heavy atom. The lowest BCUT2D eigenvalue weighted by molar-refractivity contribution is 0.0690. The predicted molar refractivity (Wildman–Crippen MR) is 52.5 cm³/mol. The lowest BCUT2D eigenvalue weighted by Gasteiger charge is -2.18. The third-order valence-electron chi connectivity index (χ3n) is 2.43. The second-order valence-electron chi connectivity index (χ2n) is 4.67. The van der Waals surface area contributed by atoms with Crippen LogP contribution in [0.2, 0.25) is 0 Å². The molecule has 3 nitrogen and oxygen atoms in total. The number of aliphatic hydroxyl groups excluding tert-OH is 1. The van der Waals surface area contributed by atoms with Gasteiger partial charge in [-0.25, -0.2) is 0 Å². The summed E-state index contributed by atoms with van der Waals surface area (Å²) >= 11 is 0. The molecule has 0 bridgehead atoms. The van der Waals surface area contributed by atoms with E-state index in [0.29, 0.717) is 12.5 Å². The van der Waals surface area contributed by atoms with Crippen LogP contribution in [-0.4, -0.2) is 35.0 Å². The van der Waals surface area contributed by atoms with E-state index in [9.17, 15) is 10.2 Å². The lowest BCUT2D eigenvalue weighted by atomic mass is 10.1. The molecule has 1 fully saturated rings. The smallest absolute Gasteiger partial charge is 0.0692 e. The van der Waals surface area contributed by atoms with Gasteiger partial charge in [-0.1, -0.05) is 0 Å². The summed E-state index contributed by atoms with van der Waals surface area (Å²) in [5.41, 5.74) is -0.600. The summed E-state index contributed by atoms with van der Waals surface area (Å²) in [5.74, 6) is 0.537. The van der Waals surface area contributed by atoms with E-state index in [0.717, 1.165) is 13.0 Å². The van der Waals surface area contributed by atoms with Crippen LogP contribution >= 0.6 is 0 Å². The minimum atomic E-state index is -0.600. The van der Waals surface area contributed by atoms with Crippen LogP contribution in [0.15, 0.2) is 0 Å². The zero-order chi connectivity index (χ0) is 9.90. The fraction of sp³-hybridized carbons (Fsp3) is 1.00. The van der Waals surface area contributed by atoms with E-state index in [1.54, 1.807) is 13.8 Å². The fourth-order valence-corrected chi connectivity index (χ4v) is 1.29. The number of hydrogen-bond donors (Lipinski definition) is 3. The maximum absolute atomic E-state index is 9.49. The molecule has 1 aliphatic carbocycles. The molecule has 0 aliphatic heterocycles. The summed E-state index contributed by atoms with van der Waals surface area (Å²) in [4.78, 5) is 0. The molecule has 0 saturated heterocycles. The second-order valence-corrected chi connectivity index (χ2v) is 4.67. The molecule has 0 amide bonds. The predicted octanol–water partition coefficient (Wildman–Crippen LogP) is 0.508. The van der Waals surface area contributed by atoms with Crippen molar-refractivity contribution >= 4 is 0 Å². The molecule has 1 aliphatic rings. The number of aliphatic hydroxyl groups is 2. The summed E-state index contributed by atoms with van der Waals surface area (Å²) in [6.07, 6.45) is 2.90. The fourth-order valence-electron chi connectivity index (χ4n) is 1.29. The molecular formula is C10H21NO2. The molecule has 0 aromatic carbocycles. The first-order valence-corrected chi connectivity index (χ1v) is 5.10. The average molecular weight is 187 g/mol. The van der Waals surface area contributed by atoms with Crippen LogP contribution in [0, 0.1) is 5.92 Å². The normalized spacial score (nSPS) is 20.3. The number of hydrogen-bond acceptors (Lipinski definition) is 3. The van der Waals surface area contributed by atoms with Gasteiger partial charge in [-0.15, -0.1) is 0 Å². The third kappa shape index (κ3) is 5.24. The summed E-state index contributed by atoms with van der Waals surface area (Å²) in [7, 11) is 0. The molecule has 0 radical (unpaired) electrons. The highest BCUT2D eigenvalue weighted by Gasteiger charge is 2.29.